The molecule has 1 aromatic carbocycles. The van der Waals surface area contributed by atoms with Gasteiger partial charge in [0.2, 0.25) is 0 Å². The number of hydrogen-bond donors (Lipinski definition) is 0. The van der Waals surface area contributed by atoms with Crippen LogP contribution >= 0.6 is 0 Å². The second-order valence-electron chi connectivity index (χ2n) is 3.58. The molecule has 1 heterocycles. The van der Waals surface area contributed by atoms with Gasteiger partial charge in [-0.05, 0) is 18.1 Å². The molecule has 0 saturated heterocycles. The van der Waals surface area contributed by atoms with Gasteiger partial charge in [-0.15, -0.1) is 0 Å². The number of aryl methyl sites for hydroxylation is 1. The van der Waals surface area contributed by atoms with Gasteiger partial charge in [-0.25, -0.2) is 0 Å². The number of carbonyl (C=O) groups excluding carboxylic acids is 1. The summed E-state index contributed by atoms with van der Waals surface area (Å²) in [6.45, 7) is 2.10. The van der Waals surface area contributed by atoms with E-state index in [0.29, 0.717) is 0 Å². The number of pyridine rings is 1. The van der Waals surface area contributed by atoms with E-state index in [2.05, 4.69) is 11.9 Å². The molecule has 0 bridgehead atoms. The van der Waals surface area contributed by atoms with Crippen LogP contribution in [0.4, 0.5) is 0 Å². The van der Waals surface area contributed by atoms with Crippen LogP contribution < -0.4 is 0 Å². The van der Waals surface area contributed by atoms with E-state index in [4.69, 9.17) is 0 Å². The van der Waals surface area contributed by atoms with Crippen molar-refractivity contribution in [3.05, 3.63) is 41.6 Å². The fourth-order valence-electron chi connectivity index (χ4n) is 1.81. The van der Waals surface area contributed by atoms with Gasteiger partial charge in [0, 0.05) is 17.1 Å². The highest BCUT2D eigenvalue weighted by Gasteiger charge is 2.06. The SMILES string of the molecule is CCCc1cnc2ccccc2c1C=O. The van der Waals surface area contributed by atoms with Gasteiger partial charge in [-0.2, -0.15) is 0 Å². The second kappa shape index (κ2) is 4.22. The van der Waals surface area contributed by atoms with E-state index in [-0.39, 0.29) is 0 Å². The summed E-state index contributed by atoms with van der Waals surface area (Å²) in [6.07, 6.45) is 4.69. The molecule has 0 aliphatic carbocycles. The van der Waals surface area contributed by atoms with Gasteiger partial charge in [0.15, 0.2) is 6.29 Å². The fraction of sp³-hybridized carbons (Fsp3) is 0.231. The van der Waals surface area contributed by atoms with Crippen LogP contribution in [0, 0.1) is 0 Å². The van der Waals surface area contributed by atoms with Gasteiger partial charge in [0.05, 0.1) is 5.52 Å². The largest absolute Gasteiger partial charge is 0.298 e. The average Bonchev–Trinajstić information content (AvgIpc) is 2.29. The maximum Gasteiger partial charge on any atom is 0.151 e. The first-order valence-electron chi connectivity index (χ1n) is 5.18. The van der Waals surface area contributed by atoms with Crippen molar-refractivity contribution in [3.63, 3.8) is 0 Å². The molecular formula is C13H13NO. The van der Waals surface area contributed by atoms with Crippen LogP contribution in [-0.2, 0) is 6.42 Å². The zero-order chi connectivity index (χ0) is 10.7. The lowest BCUT2D eigenvalue weighted by molar-refractivity contribution is 0.112. The van der Waals surface area contributed by atoms with E-state index in [0.717, 1.165) is 41.2 Å². The molecule has 1 aromatic heterocycles. The lowest BCUT2D eigenvalue weighted by atomic mass is 10.0. The molecule has 0 atom stereocenters. The smallest absolute Gasteiger partial charge is 0.151 e. The highest BCUT2D eigenvalue weighted by Crippen LogP contribution is 2.19. The molecule has 2 heteroatoms. The summed E-state index contributed by atoms with van der Waals surface area (Å²) in [5, 5.41) is 0.957. The highest BCUT2D eigenvalue weighted by atomic mass is 16.1. The third-order valence-electron chi connectivity index (χ3n) is 2.54. The summed E-state index contributed by atoms with van der Waals surface area (Å²) >= 11 is 0. The Morgan fingerprint density at radius 3 is 2.87 bits per heavy atom. The zero-order valence-corrected chi connectivity index (χ0v) is 8.73. The Bertz CT molecular complexity index is 491. The lowest BCUT2D eigenvalue weighted by Gasteiger charge is -2.06. The maximum atomic E-state index is 11.1. The number of hydrogen-bond acceptors (Lipinski definition) is 2. The lowest BCUT2D eigenvalue weighted by Crippen LogP contribution is -1.95. The van der Waals surface area contributed by atoms with Gasteiger partial charge in [-0.3, -0.25) is 9.78 Å². The molecule has 2 aromatic rings. The summed E-state index contributed by atoms with van der Waals surface area (Å²) in [4.78, 5) is 15.4. The van der Waals surface area contributed by atoms with Crippen molar-refractivity contribution in [2.45, 2.75) is 19.8 Å². The highest BCUT2D eigenvalue weighted by molar-refractivity contribution is 5.97. The van der Waals surface area contributed by atoms with E-state index in [9.17, 15) is 4.79 Å². The van der Waals surface area contributed by atoms with Crippen LogP contribution in [0.2, 0.25) is 0 Å². The van der Waals surface area contributed by atoms with Crippen LogP contribution in [0.25, 0.3) is 10.9 Å². The Morgan fingerprint density at radius 2 is 2.13 bits per heavy atom. The fourth-order valence-corrected chi connectivity index (χ4v) is 1.81. The number of aldehydes is 1. The normalized spacial score (nSPS) is 10.5. The first-order valence-corrected chi connectivity index (χ1v) is 5.18. The van der Waals surface area contributed by atoms with Crippen LogP contribution in [0.5, 0.6) is 0 Å². The molecule has 0 amide bonds. The number of rotatable bonds is 3. The third-order valence-corrected chi connectivity index (χ3v) is 2.54. The molecule has 0 N–H and O–H groups in total. The quantitative estimate of drug-likeness (QED) is 0.711. The summed E-state index contributed by atoms with van der Waals surface area (Å²) in [7, 11) is 0. The first-order chi connectivity index (χ1) is 7.36. The number of carbonyl (C=O) groups is 1. The Morgan fingerprint density at radius 1 is 1.33 bits per heavy atom. The molecule has 76 valence electrons. The topological polar surface area (TPSA) is 30.0 Å². The Kier molecular flexibility index (Phi) is 2.77. The molecule has 0 aliphatic rings. The van der Waals surface area contributed by atoms with Crippen molar-refractivity contribution in [2.75, 3.05) is 0 Å². The summed E-state index contributed by atoms with van der Waals surface area (Å²) < 4.78 is 0. The van der Waals surface area contributed by atoms with E-state index >= 15 is 0 Å². The number of fused-ring (bicyclic) bond motifs is 1. The van der Waals surface area contributed by atoms with Crippen molar-refractivity contribution in [3.8, 4) is 0 Å². The van der Waals surface area contributed by atoms with E-state index in [1.807, 2.05) is 30.5 Å². The summed E-state index contributed by atoms with van der Waals surface area (Å²) in [6, 6.07) is 7.75. The van der Waals surface area contributed by atoms with Gasteiger partial charge in [-0.1, -0.05) is 31.5 Å². The monoisotopic (exact) mass is 199 g/mol. The summed E-state index contributed by atoms with van der Waals surface area (Å²) in [5.41, 5.74) is 2.73. The molecule has 0 saturated carbocycles. The Balaban J connectivity index is 2.69. The van der Waals surface area contributed by atoms with Crippen molar-refractivity contribution >= 4 is 17.2 Å². The molecular weight excluding hydrogens is 186 g/mol. The predicted molar refractivity (Wildman–Crippen MR) is 61.1 cm³/mol. The molecule has 2 rings (SSSR count). The number of aromatic nitrogens is 1. The number of para-hydroxylation sites is 1. The zero-order valence-electron chi connectivity index (χ0n) is 8.73. The second-order valence-corrected chi connectivity index (χ2v) is 3.58. The molecule has 0 fully saturated rings. The van der Waals surface area contributed by atoms with Crippen LogP contribution in [0.3, 0.4) is 0 Å². The first kappa shape index (κ1) is 9.84. The van der Waals surface area contributed by atoms with E-state index in [1.54, 1.807) is 0 Å². The standard InChI is InChI=1S/C13H13NO/c1-2-5-10-8-14-13-7-4-3-6-11(13)12(10)9-15/h3-4,6-9H,2,5H2,1H3. The van der Waals surface area contributed by atoms with Crippen molar-refractivity contribution in [2.24, 2.45) is 0 Å². The number of nitrogens with zero attached hydrogens (tertiary/aromatic N) is 1. The molecule has 2 nitrogen and oxygen atoms in total. The minimum Gasteiger partial charge on any atom is -0.298 e. The van der Waals surface area contributed by atoms with Gasteiger partial charge < -0.3 is 0 Å². The maximum absolute atomic E-state index is 11.1. The molecule has 0 aliphatic heterocycles. The van der Waals surface area contributed by atoms with Crippen LogP contribution in [0.1, 0.15) is 29.3 Å². The number of benzene rings is 1. The van der Waals surface area contributed by atoms with E-state index in [1.165, 1.54) is 0 Å². The van der Waals surface area contributed by atoms with Crippen LogP contribution in [-0.4, -0.2) is 11.3 Å². The predicted octanol–water partition coefficient (Wildman–Crippen LogP) is 3.00. The summed E-state index contributed by atoms with van der Waals surface area (Å²) in [5.74, 6) is 0. The Hall–Kier alpha value is -1.70. The molecule has 0 spiro atoms. The minimum absolute atomic E-state index is 0.794. The van der Waals surface area contributed by atoms with Crippen molar-refractivity contribution < 1.29 is 4.79 Å². The molecule has 0 unspecified atom stereocenters. The Labute approximate surface area is 89.0 Å². The minimum atomic E-state index is 0.794. The van der Waals surface area contributed by atoms with Gasteiger partial charge in [0.25, 0.3) is 0 Å². The third kappa shape index (κ3) is 1.75. The van der Waals surface area contributed by atoms with Gasteiger partial charge >= 0.3 is 0 Å². The van der Waals surface area contributed by atoms with Crippen LogP contribution in [0.15, 0.2) is 30.5 Å². The van der Waals surface area contributed by atoms with Gasteiger partial charge in [0.1, 0.15) is 0 Å². The molecule has 0 radical (unpaired) electrons. The van der Waals surface area contributed by atoms with Crippen molar-refractivity contribution in [1.29, 1.82) is 0 Å². The molecule has 15 heavy (non-hydrogen) atoms. The van der Waals surface area contributed by atoms with E-state index < -0.39 is 0 Å². The average molecular weight is 199 g/mol. The van der Waals surface area contributed by atoms with Crippen molar-refractivity contribution in [1.82, 2.24) is 4.98 Å².